The van der Waals surface area contributed by atoms with Gasteiger partial charge in [0.15, 0.2) is 0 Å². The number of hydrogen-bond donors (Lipinski definition) is 0. The van der Waals surface area contributed by atoms with Crippen molar-refractivity contribution in [2.75, 3.05) is 19.7 Å². The quantitative estimate of drug-likeness (QED) is 0.764. The van der Waals surface area contributed by atoms with Crippen molar-refractivity contribution in [1.29, 1.82) is 0 Å². The molecule has 0 aromatic carbocycles. The van der Waals surface area contributed by atoms with Crippen LogP contribution in [0.25, 0.3) is 0 Å². The van der Waals surface area contributed by atoms with E-state index in [2.05, 4.69) is 25.7 Å². The van der Waals surface area contributed by atoms with Gasteiger partial charge in [-0.15, -0.1) is 0 Å². The zero-order chi connectivity index (χ0) is 12.8. The van der Waals surface area contributed by atoms with Gasteiger partial charge in [0, 0.05) is 23.9 Å². The Bertz CT molecular complexity index is 420. The van der Waals surface area contributed by atoms with E-state index < -0.39 is 0 Å². The summed E-state index contributed by atoms with van der Waals surface area (Å²) in [6.07, 6.45) is 4.25. The Morgan fingerprint density at radius 3 is 2.28 bits per heavy atom. The molecule has 1 saturated heterocycles. The molecule has 1 heterocycles. The van der Waals surface area contributed by atoms with Crippen LogP contribution in [0.2, 0.25) is 0 Å². The van der Waals surface area contributed by atoms with E-state index >= 15 is 0 Å². The minimum Gasteiger partial charge on any atom is -0.375 e. The highest BCUT2D eigenvalue weighted by Gasteiger charge is 2.98. The second kappa shape index (κ2) is 2.79. The third-order valence-electron chi connectivity index (χ3n) is 6.72. The van der Waals surface area contributed by atoms with Gasteiger partial charge in [0.25, 0.3) is 0 Å². The predicted octanol–water partition coefficient (Wildman–Crippen LogP) is 2.20. The number of ether oxygens (including phenoxy) is 1. The average molecular weight is 249 g/mol. The Morgan fingerprint density at radius 2 is 1.78 bits per heavy atom. The van der Waals surface area contributed by atoms with E-state index in [-0.39, 0.29) is 5.60 Å². The highest BCUT2D eigenvalue weighted by molar-refractivity contribution is 5.78. The van der Waals surface area contributed by atoms with Crippen molar-refractivity contribution in [2.45, 2.75) is 52.1 Å². The number of likely N-dealkylation sites (tertiary alicyclic amines) is 1. The topological polar surface area (TPSA) is 29.5 Å². The van der Waals surface area contributed by atoms with E-state index in [1.54, 1.807) is 0 Å². The number of carbonyl (C=O) groups is 1. The third kappa shape index (κ3) is 1.08. The van der Waals surface area contributed by atoms with E-state index in [9.17, 15) is 4.79 Å². The molecule has 3 nitrogen and oxygen atoms in total. The van der Waals surface area contributed by atoms with Gasteiger partial charge in [0.1, 0.15) is 0 Å². The summed E-state index contributed by atoms with van der Waals surface area (Å²) in [5, 5.41) is 0. The molecule has 3 aliphatic carbocycles. The summed E-state index contributed by atoms with van der Waals surface area (Å²) < 4.78 is 5.74. The molecule has 3 saturated carbocycles. The third-order valence-corrected chi connectivity index (χ3v) is 6.72. The molecule has 1 aliphatic heterocycles. The maximum Gasteiger partial charge on any atom is 0.224 e. The molecule has 2 atom stereocenters. The molecule has 4 aliphatic rings. The normalized spacial score (nSPS) is 44.3. The lowest BCUT2D eigenvalue weighted by Gasteiger charge is -2.33. The summed E-state index contributed by atoms with van der Waals surface area (Å²) in [6, 6.07) is 0. The highest BCUT2D eigenvalue weighted by Crippen LogP contribution is 2.99. The highest BCUT2D eigenvalue weighted by atomic mass is 16.5. The number of rotatable bonds is 4. The second-order valence-corrected chi connectivity index (χ2v) is 7.76. The van der Waals surface area contributed by atoms with Crippen LogP contribution in [0.15, 0.2) is 0 Å². The van der Waals surface area contributed by atoms with Gasteiger partial charge in [-0.2, -0.15) is 0 Å². The van der Waals surface area contributed by atoms with Gasteiger partial charge in [-0.25, -0.2) is 0 Å². The zero-order valence-electron chi connectivity index (χ0n) is 11.7. The van der Waals surface area contributed by atoms with Gasteiger partial charge < -0.3 is 9.64 Å². The molecule has 3 heteroatoms. The smallest absolute Gasteiger partial charge is 0.224 e. The first-order valence-electron chi connectivity index (χ1n) is 7.28. The first-order chi connectivity index (χ1) is 8.36. The number of hydrogen-bond acceptors (Lipinski definition) is 2. The molecule has 18 heavy (non-hydrogen) atoms. The van der Waals surface area contributed by atoms with Crippen molar-refractivity contribution in [3.05, 3.63) is 0 Å². The molecule has 0 bridgehead atoms. The van der Waals surface area contributed by atoms with Crippen molar-refractivity contribution in [3.63, 3.8) is 0 Å². The number of piperidine rings is 2. The Morgan fingerprint density at radius 1 is 1.17 bits per heavy atom. The second-order valence-electron chi connectivity index (χ2n) is 7.76. The van der Waals surface area contributed by atoms with Crippen LogP contribution in [0, 0.1) is 16.2 Å². The van der Waals surface area contributed by atoms with Crippen molar-refractivity contribution in [3.8, 4) is 0 Å². The summed E-state index contributed by atoms with van der Waals surface area (Å²) in [7, 11) is 0. The largest absolute Gasteiger partial charge is 0.375 e. The fourth-order valence-corrected chi connectivity index (χ4v) is 4.62. The molecular weight excluding hydrogens is 226 g/mol. The standard InChI is InChI=1S/C15H23NO2/c1-12(2)14-8-15(12,14)10-16(9-14)11(17)4-7-18-13(3)5-6-13/h4-10H2,1-3H3/t14-,15?/m1/s1. The van der Waals surface area contributed by atoms with E-state index in [1.165, 1.54) is 6.42 Å². The van der Waals surface area contributed by atoms with E-state index in [4.69, 9.17) is 4.74 Å². The van der Waals surface area contributed by atoms with Gasteiger partial charge in [-0.3, -0.25) is 4.79 Å². The molecule has 4 rings (SSSR count). The van der Waals surface area contributed by atoms with Crippen LogP contribution in [-0.2, 0) is 9.53 Å². The maximum absolute atomic E-state index is 12.1. The molecule has 1 amide bonds. The fraction of sp³-hybridized carbons (Fsp3) is 0.933. The number of carbonyl (C=O) groups excluding carboxylic acids is 1. The summed E-state index contributed by atoms with van der Waals surface area (Å²) >= 11 is 0. The van der Waals surface area contributed by atoms with Crippen molar-refractivity contribution in [1.82, 2.24) is 4.90 Å². The van der Waals surface area contributed by atoms with Crippen LogP contribution < -0.4 is 0 Å². The van der Waals surface area contributed by atoms with E-state index in [0.29, 0.717) is 35.2 Å². The van der Waals surface area contributed by atoms with Crippen molar-refractivity contribution < 1.29 is 9.53 Å². The molecule has 4 fully saturated rings. The van der Waals surface area contributed by atoms with Gasteiger partial charge in [-0.1, -0.05) is 13.8 Å². The summed E-state index contributed by atoms with van der Waals surface area (Å²) in [4.78, 5) is 14.2. The van der Waals surface area contributed by atoms with Crippen LogP contribution >= 0.6 is 0 Å². The lowest BCUT2D eigenvalue weighted by atomic mass is 9.85. The Labute approximate surface area is 109 Å². The minimum atomic E-state index is 0.106. The summed E-state index contributed by atoms with van der Waals surface area (Å²) in [6.45, 7) is 9.50. The lowest BCUT2D eigenvalue weighted by molar-refractivity contribution is -0.134. The fourth-order valence-electron chi connectivity index (χ4n) is 4.62. The average Bonchev–Trinajstić information content (AvgIpc) is 3.22. The molecule has 0 radical (unpaired) electrons. The van der Waals surface area contributed by atoms with Crippen LogP contribution in [0.1, 0.15) is 46.5 Å². The van der Waals surface area contributed by atoms with Gasteiger partial charge in [0.2, 0.25) is 5.91 Å². The maximum atomic E-state index is 12.1. The van der Waals surface area contributed by atoms with Gasteiger partial charge in [0.05, 0.1) is 18.6 Å². The molecule has 0 aromatic rings. The summed E-state index contributed by atoms with van der Waals surface area (Å²) in [5.74, 6) is 0.306. The Hall–Kier alpha value is -0.570. The first kappa shape index (κ1) is 11.3. The predicted molar refractivity (Wildman–Crippen MR) is 68.1 cm³/mol. The van der Waals surface area contributed by atoms with Crippen molar-refractivity contribution in [2.24, 2.45) is 16.2 Å². The van der Waals surface area contributed by atoms with E-state index in [1.807, 2.05) is 0 Å². The lowest BCUT2D eigenvalue weighted by Crippen LogP contribution is -2.40. The zero-order valence-corrected chi connectivity index (χ0v) is 11.7. The number of nitrogens with zero attached hydrogens (tertiary/aromatic N) is 1. The van der Waals surface area contributed by atoms with Crippen molar-refractivity contribution >= 4 is 5.91 Å². The van der Waals surface area contributed by atoms with Crippen LogP contribution in [0.3, 0.4) is 0 Å². The minimum absolute atomic E-state index is 0.106. The van der Waals surface area contributed by atoms with Crippen LogP contribution in [0.4, 0.5) is 0 Å². The Balaban J connectivity index is 1.28. The number of amides is 1. The molecule has 0 N–H and O–H groups in total. The molecule has 100 valence electrons. The van der Waals surface area contributed by atoms with Crippen LogP contribution in [0.5, 0.6) is 0 Å². The van der Waals surface area contributed by atoms with Crippen LogP contribution in [-0.4, -0.2) is 36.1 Å². The first-order valence-corrected chi connectivity index (χ1v) is 7.28. The Kier molecular flexibility index (Phi) is 1.75. The molecule has 0 aromatic heterocycles. The van der Waals surface area contributed by atoms with Gasteiger partial charge in [-0.05, 0) is 31.6 Å². The molecular formula is C15H23NO2. The monoisotopic (exact) mass is 249 g/mol. The van der Waals surface area contributed by atoms with Gasteiger partial charge >= 0.3 is 0 Å². The summed E-state index contributed by atoms with van der Waals surface area (Å²) in [5.41, 5.74) is 1.64. The SMILES string of the molecule is CC1(OCCC(=O)N2CC34C[C@@]3(C2)C4(C)C)CC1. The molecule has 0 spiro atoms. The van der Waals surface area contributed by atoms with E-state index in [0.717, 1.165) is 25.9 Å². The molecule has 1 unspecified atom stereocenters.